The van der Waals surface area contributed by atoms with Gasteiger partial charge in [-0.1, -0.05) is 19.1 Å². The molecule has 1 aliphatic heterocycles. The van der Waals surface area contributed by atoms with Crippen molar-refractivity contribution in [2.24, 2.45) is 0 Å². The molecule has 0 spiro atoms. The molecule has 0 bridgehead atoms. The number of thiophene rings is 1. The van der Waals surface area contributed by atoms with Crippen LogP contribution in [0.5, 0.6) is 11.5 Å². The van der Waals surface area contributed by atoms with E-state index in [1.807, 2.05) is 42.6 Å². The quantitative estimate of drug-likeness (QED) is 0.935. The maximum absolute atomic E-state index is 6.10. The van der Waals surface area contributed by atoms with Gasteiger partial charge in [0.2, 0.25) is 0 Å². The van der Waals surface area contributed by atoms with Crippen LogP contribution < -0.4 is 14.8 Å². The summed E-state index contributed by atoms with van der Waals surface area (Å²) in [5.74, 6) is 1.66. The molecule has 2 unspecified atom stereocenters. The van der Waals surface area contributed by atoms with E-state index < -0.39 is 0 Å². The number of ether oxygens (including phenoxy) is 2. The second kappa shape index (κ2) is 5.85. The summed E-state index contributed by atoms with van der Waals surface area (Å²) in [5, 5.41) is 3.36. The van der Waals surface area contributed by atoms with Crippen LogP contribution in [0.3, 0.4) is 0 Å². The molecule has 0 radical (unpaired) electrons. The number of para-hydroxylation sites is 2. The van der Waals surface area contributed by atoms with Crippen molar-refractivity contribution >= 4 is 11.3 Å². The van der Waals surface area contributed by atoms with E-state index >= 15 is 0 Å². The summed E-state index contributed by atoms with van der Waals surface area (Å²) in [6.45, 7) is 2.75. The summed E-state index contributed by atoms with van der Waals surface area (Å²) in [5.41, 5.74) is 0. The fraction of sp³-hybridized carbons (Fsp3) is 0.375. The van der Waals surface area contributed by atoms with Gasteiger partial charge in [0.1, 0.15) is 6.61 Å². The summed E-state index contributed by atoms with van der Waals surface area (Å²) in [4.78, 5) is 2.70. The highest BCUT2D eigenvalue weighted by atomic mass is 32.1. The maximum atomic E-state index is 6.10. The second-order valence-corrected chi connectivity index (χ2v) is 6.04. The molecule has 3 nitrogen and oxygen atoms in total. The standard InChI is InChI=1S/C16H19NO2S/c1-3-11-8-9-15(20-11)16(17-2)14-10-18-12-6-4-5-7-13(12)19-14/h4-9,14,16-17H,3,10H2,1-2H3. The lowest BCUT2D eigenvalue weighted by Crippen LogP contribution is -2.40. The van der Waals surface area contributed by atoms with Gasteiger partial charge in [0, 0.05) is 9.75 Å². The van der Waals surface area contributed by atoms with Gasteiger partial charge in [-0.2, -0.15) is 0 Å². The Bertz CT molecular complexity index is 581. The Labute approximate surface area is 123 Å². The third-order valence-electron chi connectivity index (χ3n) is 3.55. The molecule has 0 saturated heterocycles. The second-order valence-electron chi connectivity index (χ2n) is 4.84. The molecule has 1 aromatic heterocycles. The van der Waals surface area contributed by atoms with Crippen LogP contribution in [0.4, 0.5) is 0 Å². The highest BCUT2D eigenvalue weighted by Gasteiger charge is 2.29. The molecule has 20 heavy (non-hydrogen) atoms. The Balaban J connectivity index is 1.81. The summed E-state index contributed by atoms with van der Waals surface area (Å²) in [6, 6.07) is 12.4. The highest BCUT2D eigenvalue weighted by Crippen LogP contribution is 2.35. The van der Waals surface area contributed by atoms with Crippen molar-refractivity contribution in [2.45, 2.75) is 25.5 Å². The first-order valence-electron chi connectivity index (χ1n) is 6.96. The van der Waals surface area contributed by atoms with E-state index in [1.54, 1.807) is 0 Å². The molecule has 1 aliphatic rings. The Hall–Kier alpha value is -1.52. The molecule has 1 aromatic carbocycles. The van der Waals surface area contributed by atoms with E-state index in [2.05, 4.69) is 24.4 Å². The molecule has 4 heteroatoms. The van der Waals surface area contributed by atoms with Crippen molar-refractivity contribution in [3.63, 3.8) is 0 Å². The lowest BCUT2D eigenvalue weighted by atomic mass is 10.1. The number of likely N-dealkylation sites (N-methyl/N-ethyl adjacent to an activating group) is 1. The van der Waals surface area contributed by atoms with Crippen LogP contribution in [0.15, 0.2) is 36.4 Å². The number of fused-ring (bicyclic) bond motifs is 1. The monoisotopic (exact) mass is 289 g/mol. The van der Waals surface area contributed by atoms with E-state index in [4.69, 9.17) is 9.47 Å². The van der Waals surface area contributed by atoms with E-state index in [0.717, 1.165) is 17.9 Å². The SMILES string of the molecule is CCc1ccc(C(NC)C2COc3ccccc3O2)s1. The molecule has 3 rings (SSSR count). The molecule has 1 N–H and O–H groups in total. The summed E-state index contributed by atoms with van der Waals surface area (Å²) in [7, 11) is 1.97. The van der Waals surface area contributed by atoms with Crippen LogP contribution in [-0.4, -0.2) is 19.8 Å². The molecule has 0 fully saturated rings. The minimum atomic E-state index is -0.00161. The smallest absolute Gasteiger partial charge is 0.161 e. The van der Waals surface area contributed by atoms with Gasteiger partial charge in [-0.25, -0.2) is 0 Å². The topological polar surface area (TPSA) is 30.5 Å². The Kier molecular flexibility index (Phi) is 3.94. The fourth-order valence-corrected chi connectivity index (χ4v) is 3.58. The number of rotatable bonds is 4. The average molecular weight is 289 g/mol. The highest BCUT2D eigenvalue weighted by molar-refractivity contribution is 7.12. The zero-order valence-electron chi connectivity index (χ0n) is 11.8. The third-order valence-corrected chi connectivity index (χ3v) is 4.86. The van der Waals surface area contributed by atoms with E-state index in [9.17, 15) is 0 Å². The van der Waals surface area contributed by atoms with Crippen LogP contribution in [0, 0.1) is 0 Å². The zero-order valence-corrected chi connectivity index (χ0v) is 12.6. The van der Waals surface area contributed by atoms with Gasteiger partial charge in [-0.05, 0) is 37.7 Å². The van der Waals surface area contributed by atoms with Crippen molar-refractivity contribution in [3.8, 4) is 11.5 Å². The Morgan fingerprint density at radius 2 is 2.05 bits per heavy atom. The number of benzene rings is 1. The van der Waals surface area contributed by atoms with Crippen LogP contribution in [0.1, 0.15) is 22.7 Å². The fourth-order valence-electron chi connectivity index (χ4n) is 2.46. The van der Waals surface area contributed by atoms with Gasteiger partial charge in [0.25, 0.3) is 0 Å². The van der Waals surface area contributed by atoms with Crippen LogP contribution in [0.2, 0.25) is 0 Å². The normalized spacial score (nSPS) is 18.8. The Morgan fingerprint density at radius 3 is 2.75 bits per heavy atom. The van der Waals surface area contributed by atoms with E-state index in [1.165, 1.54) is 9.75 Å². The van der Waals surface area contributed by atoms with Gasteiger partial charge in [0.05, 0.1) is 6.04 Å². The van der Waals surface area contributed by atoms with Crippen molar-refractivity contribution in [2.75, 3.05) is 13.7 Å². The lowest BCUT2D eigenvalue weighted by molar-refractivity contribution is 0.0647. The maximum Gasteiger partial charge on any atom is 0.161 e. The first kappa shape index (κ1) is 13.5. The van der Waals surface area contributed by atoms with Crippen LogP contribution in [0.25, 0.3) is 0 Å². The molecule has 2 aromatic rings. The minimum Gasteiger partial charge on any atom is -0.486 e. The van der Waals surface area contributed by atoms with Crippen LogP contribution in [-0.2, 0) is 6.42 Å². The number of hydrogen-bond donors (Lipinski definition) is 1. The first-order valence-corrected chi connectivity index (χ1v) is 7.77. The van der Waals surface area contributed by atoms with Gasteiger partial charge >= 0.3 is 0 Å². The summed E-state index contributed by atoms with van der Waals surface area (Å²) >= 11 is 1.84. The molecular formula is C16H19NO2S. The molecule has 0 amide bonds. The molecule has 0 aliphatic carbocycles. The van der Waals surface area contributed by atoms with Gasteiger partial charge < -0.3 is 14.8 Å². The molecule has 106 valence electrons. The number of hydrogen-bond acceptors (Lipinski definition) is 4. The van der Waals surface area contributed by atoms with Gasteiger partial charge in [-0.3, -0.25) is 0 Å². The van der Waals surface area contributed by atoms with Crippen molar-refractivity contribution < 1.29 is 9.47 Å². The largest absolute Gasteiger partial charge is 0.486 e. The predicted molar refractivity (Wildman–Crippen MR) is 81.9 cm³/mol. The minimum absolute atomic E-state index is 0.00161. The summed E-state index contributed by atoms with van der Waals surface area (Å²) in [6.07, 6.45) is 1.07. The Morgan fingerprint density at radius 1 is 1.25 bits per heavy atom. The number of aryl methyl sites for hydroxylation is 1. The lowest BCUT2D eigenvalue weighted by Gasteiger charge is -2.31. The predicted octanol–water partition coefficient (Wildman–Crippen LogP) is 3.41. The first-order chi connectivity index (χ1) is 9.81. The average Bonchev–Trinajstić information content (AvgIpc) is 2.97. The van der Waals surface area contributed by atoms with Gasteiger partial charge in [-0.15, -0.1) is 11.3 Å². The van der Waals surface area contributed by atoms with Gasteiger partial charge in [0.15, 0.2) is 17.6 Å². The molecule has 2 atom stereocenters. The van der Waals surface area contributed by atoms with E-state index in [-0.39, 0.29) is 12.1 Å². The zero-order chi connectivity index (χ0) is 13.9. The van der Waals surface area contributed by atoms with Crippen molar-refractivity contribution in [1.29, 1.82) is 0 Å². The van der Waals surface area contributed by atoms with Crippen LogP contribution >= 0.6 is 11.3 Å². The molecular weight excluding hydrogens is 270 g/mol. The molecule has 2 heterocycles. The van der Waals surface area contributed by atoms with E-state index in [0.29, 0.717) is 6.61 Å². The number of nitrogens with one attached hydrogen (secondary N) is 1. The third kappa shape index (κ3) is 2.53. The summed E-state index contributed by atoms with van der Waals surface area (Å²) < 4.78 is 11.9. The van der Waals surface area contributed by atoms with Crippen molar-refractivity contribution in [3.05, 3.63) is 46.2 Å². The van der Waals surface area contributed by atoms with Crippen molar-refractivity contribution in [1.82, 2.24) is 5.32 Å². The molecule has 0 saturated carbocycles.